The lowest BCUT2D eigenvalue weighted by atomic mass is 10.1. The van der Waals surface area contributed by atoms with Gasteiger partial charge in [0.15, 0.2) is 5.82 Å². The second kappa shape index (κ2) is 11.2. The normalized spacial score (nSPS) is 10.9. The van der Waals surface area contributed by atoms with Gasteiger partial charge in [-0.05, 0) is 54.1 Å². The number of nitrogens with zero attached hydrogens (tertiary/aromatic N) is 3. The zero-order chi connectivity index (χ0) is 25.6. The Balaban J connectivity index is 1.50. The zero-order valence-electron chi connectivity index (χ0n) is 19.9. The molecule has 0 aliphatic rings. The van der Waals surface area contributed by atoms with Crippen LogP contribution in [0.1, 0.15) is 12.0 Å². The summed E-state index contributed by atoms with van der Waals surface area (Å²) < 4.78 is 13.2. The Bertz CT molecular complexity index is 1530. The first-order valence-corrected chi connectivity index (χ1v) is 12.3. The van der Waals surface area contributed by atoms with E-state index in [9.17, 15) is 9.18 Å². The highest BCUT2D eigenvalue weighted by atomic mass is 35.5. The molecular weight excluding hydrogens is 487 g/mol. The van der Waals surface area contributed by atoms with Crippen LogP contribution in [0.15, 0.2) is 103 Å². The number of hydrogen-bond acceptors (Lipinski definition) is 4. The number of anilines is 2. The number of halogens is 2. The molecule has 5 aromatic rings. The van der Waals surface area contributed by atoms with E-state index in [-0.39, 0.29) is 18.1 Å². The second-order valence-corrected chi connectivity index (χ2v) is 8.99. The maximum Gasteiger partial charge on any atom is 0.226 e. The molecule has 37 heavy (non-hydrogen) atoms. The molecule has 1 N–H and O–H groups in total. The number of carbonyl (C=O) groups excluding carboxylic acids is 1. The van der Waals surface area contributed by atoms with Crippen LogP contribution < -0.4 is 10.2 Å². The molecule has 0 saturated heterocycles. The highest BCUT2D eigenvalue weighted by molar-refractivity contribution is 6.33. The Morgan fingerprint density at radius 1 is 0.838 bits per heavy atom. The van der Waals surface area contributed by atoms with E-state index in [1.165, 1.54) is 12.1 Å². The van der Waals surface area contributed by atoms with Crippen molar-refractivity contribution in [2.24, 2.45) is 0 Å². The van der Waals surface area contributed by atoms with Crippen molar-refractivity contribution in [3.8, 4) is 11.4 Å². The molecule has 0 fully saturated rings. The van der Waals surface area contributed by atoms with Crippen LogP contribution in [0, 0.1) is 5.82 Å². The Kier molecular flexibility index (Phi) is 7.38. The number of fused-ring (bicyclic) bond motifs is 1. The molecule has 5 nitrogen and oxygen atoms in total. The highest BCUT2D eigenvalue weighted by Crippen LogP contribution is 2.31. The van der Waals surface area contributed by atoms with Crippen molar-refractivity contribution in [1.29, 1.82) is 0 Å². The molecule has 0 unspecified atom stereocenters. The quantitative estimate of drug-likeness (QED) is 0.241. The summed E-state index contributed by atoms with van der Waals surface area (Å²) in [4.78, 5) is 24.6. The fraction of sp³-hybridized carbons (Fsp3) is 0.100. The summed E-state index contributed by atoms with van der Waals surface area (Å²) in [5, 5.41) is 4.29. The number of carbonyl (C=O) groups is 1. The number of hydrogen-bond donors (Lipinski definition) is 1. The lowest BCUT2D eigenvalue weighted by Crippen LogP contribution is -2.28. The molecule has 7 heteroatoms. The van der Waals surface area contributed by atoms with E-state index in [0.29, 0.717) is 29.6 Å². The van der Waals surface area contributed by atoms with Crippen LogP contribution >= 0.6 is 11.6 Å². The monoisotopic (exact) mass is 510 g/mol. The number of nitrogens with one attached hydrogen (secondary N) is 1. The highest BCUT2D eigenvalue weighted by Gasteiger charge is 2.18. The largest absolute Gasteiger partial charge is 0.351 e. The molecule has 4 aromatic carbocycles. The molecule has 0 bridgehead atoms. The molecule has 5 rings (SSSR count). The Hall–Kier alpha value is -4.29. The van der Waals surface area contributed by atoms with Crippen LogP contribution in [0.5, 0.6) is 0 Å². The van der Waals surface area contributed by atoms with Crippen molar-refractivity contribution in [3.63, 3.8) is 0 Å². The third-order valence-electron chi connectivity index (χ3n) is 5.95. The molecule has 1 aromatic heterocycles. The molecular formula is C30H24ClFN4O. The maximum atomic E-state index is 13.2. The Morgan fingerprint density at radius 2 is 1.54 bits per heavy atom. The lowest BCUT2D eigenvalue weighted by Gasteiger charge is -2.25. The summed E-state index contributed by atoms with van der Waals surface area (Å²) in [5.74, 6) is 0.721. The van der Waals surface area contributed by atoms with Gasteiger partial charge in [0, 0.05) is 36.1 Å². The smallest absolute Gasteiger partial charge is 0.226 e. The minimum absolute atomic E-state index is 0.172. The van der Waals surface area contributed by atoms with E-state index in [4.69, 9.17) is 21.6 Å². The molecule has 0 aliphatic carbocycles. The minimum atomic E-state index is -0.350. The van der Waals surface area contributed by atoms with Gasteiger partial charge in [-0.3, -0.25) is 4.79 Å². The van der Waals surface area contributed by atoms with Crippen LogP contribution in [0.3, 0.4) is 0 Å². The average Bonchev–Trinajstić information content (AvgIpc) is 2.92. The molecule has 0 radical (unpaired) electrons. The lowest BCUT2D eigenvalue weighted by molar-refractivity contribution is -0.116. The van der Waals surface area contributed by atoms with Gasteiger partial charge >= 0.3 is 0 Å². The summed E-state index contributed by atoms with van der Waals surface area (Å²) in [6, 6.07) is 31.1. The summed E-state index contributed by atoms with van der Waals surface area (Å²) in [6.07, 6.45) is 0.212. The van der Waals surface area contributed by atoms with Crippen molar-refractivity contribution in [1.82, 2.24) is 9.97 Å². The summed E-state index contributed by atoms with van der Waals surface area (Å²) in [6.45, 7) is 0.957. The molecule has 1 heterocycles. The SMILES string of the molecule is O=C(CCN(Cc1ccccc1)c1nc(-c2ccccc2Cl)nc2ccccc12)Nc1ccc(F)cc1. The molecule has 0 aliphatic heterocycles. The van der Waals surface area contributed by atoms with Crippen molar-refractivity contribution in [2.45, 2.75) is 13.0 Å². The van der Waals surface area contributed by atoms with Gasteiger partial charge in [0.2, 0.25) is 5.91 Å². The van der Waals surface area contributed by atoms with Crippen LogP contribution in [0.4, 0.5) is 15.9 Å². The Labute approximate surface area is 219 Å². The molecule has 1 amide bonds. The van der Waals surface area contributed by atoms with Gasteiger partial charge in [-0.25, -0.2) is 14.4 Å². The minimum Gasteiger partial charge on any atom is -0.351 e. The number of rotatable bonds is 8. The van der Waals surface area contributed by atoms with E-state index in [1.54, 1.807) is 12.1 Å². The van der Waals surface area contributed by atoms with Crippen LogP contribution in [0.2, 0.25) is 5.02 Å². The van der Waals surface area contributed by atoms with Crippen molar-refractivity contribution in [3.05, 3.63) is 120 Å². The summed E-state index contributed by atoms with van der Waals surface area (Å²) >= 11 is 6.49. The van der Waals surface area contributed by atoms with Gasteiger partial charge in [-0.1, -0.05) is 66.2 Å². The second-order valence-electron chi connectivity index (χ2n) is 8.58. The fourth-order valence-corrected chi connectivity index (χ4v) is 4.34. The molecule has 184 valence electrons. The van der Waals surface area contributed by atoms with Gasteiger partial charge in [0.1, 0.15) is 11.6 Å². The summed E-state index contributed by atoms with van der Waals surface area (Å²) in [7, 11) is 0. The van der Waals surface area contributed by atoms with E-state index >= 15 is 0 Å². The summed E-state index contributed by atoms with van der Waals surface area (Å²) in [5.41, 5.74) is 3.17. The molecule has 0 atom stereocenters. The van der Waals surface area contributed by atoms with Gasteiger partial charge in [0.25, 0.3) is 0 Å². The number of amides is 1. The van der Waals surface area contributed by atoms with Gasteiger partial charge in [-0.15, -0.1) is 0 Å². The number of aromatic nitrogens is 2. The van der Waals surface area contributed by atoms with E-state index in [0.717, 1.165) is 27.8 Å². The number of para-hydroxylation sites is 1. The predicted molar refractivity (Wildman–Crippen MR) is 147 cm³/mol. The first-order chi connectivity index (χ1) is 18.1. The third kappa shape index (κ3) is 5.93. The van der Waals surface area contributed by atoms with Crippen molar-refractivity contribution in [2.75, 3.05) is 16.8 Å². The van der Waals surface area contributed by atoms with E-state index < -0.39 is 0 Å². The topological polar surface area (TPSA) is 58.1 Å². The van der Waals surface area contributed by atoms with Crippen LogP contribution in [-0.2, 0) is 11.3 Å². The van der Waals surface area contributed by atoms with Crippen molar-refractivity contribution < 1.29 is 9.18 Å². The first-order valence-electron chi connectivity index (χ1n) is 11.9. The van der Waals surface area contributed by atoms with E-state index in [1.807, 2.05) is 78.9 Å². The van der Waals surface area contributed by atoms with Crippen LogP contribution in [0.25, 0.3) is 22.3 Å². The van der Waals surface area contributed by atoms with E-state index in [2.05, 4.69) is 10.2 Å². The Morgan fingerprint density at radius 3 is 2.32 bits per heavy atom. The predicted octanol–water partition coefficient (Wildman–Crippen LogP) is 7.12. The average molecular weight is 511 g/mol. The molecule has 0 saturated carbocycles. The van der Waals surface area contributed by atoms with Gasteiger partial charge < -0.3 is 10.2 Å². The number of benzene rings is 4. The maximum absolute atomic E-state index is 13.2. The van der Waals surface area contributed by atoms with Gasteiger partial charge in [0.05, 0.1) is 10.5 Å². The van der Waals surface area contributed by atoms with Crippen molar-refractivity contribution >= 4 is 39.9 Å². The standard InChI is InChI=1S/C30H24ClFN4O/c31-26-12-6-4-10-24(26)29-34-27-13-7-5-11-25(27)30(35-29)36(20-21-8-2-1-3-9-21)19-18-28(37)33-23-16-14-22(32)15-17-23/h1-17H,18-20H2,(H,33,37). The molecule has 0 spiro atoms. The fourth-order valence-electron chi connectivity index (χ4n) is 4.12. The third-order valence-corrected chi connectivity index (χ3v) is 6.28. The van der Waals surface area contributed by atoms with Gasteiger partial charge in [-0.2, -0.15) is 0 Å². The first kappa shape index (κ1) is 24.4. The van der Waals surface area contributed by atoms with Crippen LogP contribution in [-0.4, -0.2) is 22.4 Å². The zero-order valence-corrected chi connectivity index (χ0v) is 20.7.